The summed E-state index contributed by atoms with van der Waals surface area (Å²) < 4.78 is 18.1. The summed E-state index contributed by atoms with van der Waals surface area (Å²) in [5.74, 6) is -0.206. The van der Waals surface area contributed by atoms with Gasteiger partial charge in [0.2, 0.25) is 5.91 Å². The van der Waals surface area contributed by atoms with E-state index in [0.29, 0.717) is 13.0 Å². The molecule has 2 aromatic carbocycles. The number of hydrogen-bond donors (Lipinski definition) is 1. The van der Waals surface area contributed by atoms with Gasteiger partial charge >= 0.3 is 0 Å². The number of benzene rings is 2. The quantitative estimate of drug-likeness (QED) is 0.706. The zero-order valence-electron chi connectivity index (χ0n) is 20.2. The maximum absolute atomic E-state index is 13.6. The van der Waals surface area contributed by atoms with Gasteiger partial charge in [0.25, 0.3) is 6.47 Å². The van der Waals surface area contributed by atoms with Crippen molar-refractivity contribution in [2.45, 2.75) is 52.2 Å². The SMILES string of the molecule is CC(C)(C)OC=O.CC1(C)C(=O)N(Cc2cccc(F)c2)c2cccc(N3CCNCC3)c21. The van der Waals surface area contributed by atoms with Gasteiger partial charge in [-0.05, 0) is 64.4 Å². The van der Waals surface area contributed by atoms with Crippen LogP contribution in [-0.2, 0) is 26.3 Å². The van der Waals surface area contributed by atoms with Crippen molar-refractivity contribution >= 4 is 23.8 Å². The van der Waals surface area contributed by atoms with E-state index >= 15 is 0 Å². The standard InChI is InChI=1S/C21H24FN3O.C5H10O2/c1-21(2)19-17(24-11-9-23-10-12-24)7-4-8-18(19)25(20(21)26)14-15-5-3-6-16(22)13-15;1-5(2,3)7-4-6/h3-8,13,23H,9-12,14H2,1-2H3;4H,1-3H3. The summed E-state index contributed by atoms with van der Waals surface area (Å²) in [4.78, 5) is 27.0. The van der Waals surface area contributed by atoms with E-state index in [9.17, 15) is 14.0 Å². The van der Waals surface area contributed by atoms with E-state index in [1.54, 1.807) is 11.0 Å². The molecule has 1 fully saturated rings. The molecule has 0 bridgehead atoms. The van der Waals surface area contributed by atoms with E-state index in [-0.39, 0.29) is 17.3 Å². The maximum Gasteiger partial charge on any atom is 0.293 e. The van der Waals surface area contributed by atoms with Crippen molar-refractivity contribution in [2.75, 3.05) is 36.0 Å². The van der Waals surface area contributed by atoms with Crippen LogP contribution >= 0.6 is 0 Å². The summed E-state index contributed by atoms with van der Waals surface area (Å²) >= 11 is 0. The lowest BCUT2D eigenvalue weighted by Crippen LogP contribution is -2.44. The molecule has 0 radical (unpaired) electrons. The molecular weight excluding hydrogens is 421 g/mol. The Labute approximate surface area is 195 Å². The van der Waals surface area contributed by atoms with E-state index < -0.39 is 5.41 Å². The first-order valence-electron chi connectivity index (χ1n) is 11.3. The van der Waals surface area contributed by atoms with Crippen LogP contribution in [0.3, 0.4) is 0 Å². The molecule has 33 heavy (non-hydrogen) atoms. The van der Waals surface area contributed by atoms with Crippen LogP contribution in [-0.4, -0.2) is 44.2 Å². The summed E-state index contributed by atoms with van der Waals surface area (Å²) in [6.07, 6.45) is 0. The molecule has 0 aliphatic carbocycles. The molecule has 6 nitrogen and oxygen atoms in total. The Morgan fingerprint density at radius 1 is 1.09 bits per heavy atom. The number of hydrogen-bond acceptors (Lipinski definition) is 5. The molecule has 1 amide bonds. The highest BCUT2D eigenvalue weighted by atomic mass is 19.1. The van der Waals surface area contributed by atoms with Crippen molar-refractivity contribution in [1.82, 2.24) is 5.32 Å². The van der Waals surface area contributed by atoms with Crippen LogP contribution in [0.15, 0.2) is 42.5 Å². The van der Waals surface area contributed by atoms with Crippen LogP contribution in [0.25, 0.3) is 0 Å². The highest BCUT2D eigenvalue weighted by molar-refractivity contribution is 6.09. The first-order chi connectivity index (χ1) is 15.5. The van der Waals surface area contributed by atoms with E-state index in [0.717, 1.165) is 48.7 Å². The summed E-state index contributed by atoms with van der Waals surface area (Å²) in [7, 11) is 0. The van der Waals surface area contributed by atoms with Crippen molar-refractivity contribution in [3.8, 4) is 0 Å². The fraction of sp³-hybridized carbons (Fsp3) is 0.462. The van der Waals surface area contributed by atoms with Crippen molar-refractivity contribution in [3.05, 3.63) is 59.4 Å². The number of fused-ring (bicyclic) bond motifs is 1. The number of piperazine rings is 1. The number of nitrogens with zero attached hydrogens (tertiary/aromatic N) is 2. The third kappa shape index (κ3) is 5.71. The number of carbonyl (C=O) groups excluding carboxylic acids is 2. The van der Waals surface area contributed by atoms with E-state index in [2.05, 4.69) is 21.0 Å². The van der Waals surface area contributed by atoms with Crippen molar-refractivity contribution in [3.63, 3.8) is 0 Å². The summed E-state index contributed by atoms with van der Waals surface area (Å²) in [6, 6.07) is 12.6. The molecule has 0 unspecified atom stereocenters. The molecule has 2 aromatic rings. The van der Waals surface area contributed by atoms with Crippen molar-refractivity contribution in [2.24, 2.45) is 0 Å². The number of nitrogens with one attached hydrogen (secondary N) is 1. The summed E-state index contributed by atoms with van der Waals surface area (Å²) in [5, 5.41) is 3.37. The van der Waals surface area contributed by atoms with E-state index in [1.807, 2.05) is 52.8 Å². The smallest absolute Gasteiger partial charge is 0.293 e. The Bertz CT molecular complexity index is 995. The van der Waals surface area contributed by atoms with Crippen LogP contribution in [0.5, 0.6) is 0 Å². The predicted molar refractivity (Wildman–Crippen MR) is 129 cm³/mol. The first-order valence-corrected chi connectivity index (χ1v) is 11.3. The minimum atomic E-state index is -0.593. The lowest BCUT2D eigenvalue weighted by Gasteiger charge is -2.33. The molecule has 0 spiro atoms. The minimum Gasteiger partial charge on any atom is -0.462 e. The topological polar surface area (TPSA) is 61.9 Å². The second-order valence-corrected chi connectivity index (χ2v) is 9.88. The fourth-order valence-electron chi connectivity index (χ4n) is 4.24. The molecule has 0 aromatic heterocycles. The summed E-state index contributed by atoms with van der Waals surface area (Å²) in [5.41, 5.74) is 3.06. The number of halogens is 1. The molecule has 4 rings (SSSR count). The van der Waals surface area contributed by atoms with Crippen LogP contribution in [0, 0.1) is 5.82 Å². The number of amides is 1. The zero-order valence-corrected chi connectivity index (χ0v) is 20.2. The van der Waals surface area contributed by atoms with Gasteiger partial charge in [-0.25, -0.2) is 4.39 Å². The predicted octanol–water partition coefficient (Wildman–Crippen LogP) is 4.02. The molecule has 1 saturated heterocycles. The van der Waals surface area contributed by atoms with Gasteiger partial charge in [-0.15, -0.1) is 0 Å². The van der Waals surface area contributed by atoms with E-state index in [4.69, 9.17) is 0 Å². The molecule has 1 N–H and O–H groups in total. The average Bonchev–Trinajstić information content (AvgIpc) is 2.95. The third-order valence-corrected chi connectivity index (χ3v) is 5.81. The number of ether oxygens (including phenoxy) is 1. The van der Waals surface area contributed by atoms with Crippen LogP contribution in [0.1, 0.15) is 45.7 Å². The van der Waals surface area contributed by atoms with Gasteiger partial charge in [0.1, 0.15) is 11.4 Å². The van der Waals surface area contributed by atoms with Crippen molar-refractivity contribution in [1.29, 1.82) is 0 Å². The Morgan fingerprint density at radius 2 is 1.73 bits per heavy atom. The number of carbonyl (C=O) groups is 2. The van der Waals surface area contributed by atoms with Gasteiger partial charge < -0.3 is 19.9 Å². The van der Waals surface area contributed by atoms with Crippen LogP contribution < -0.4 is 15.1 Å². The van der Waals surface area contributed by atoms with Gasteiger partial charge in [0.15, 0.2) is 0 Å². The molecule has 2 aliphatic rings. The molecular formula is C26H34FN3O3. The fourth-order valence-corrected chi connectivity index (χ4v) is 4.24. The van der Waals surface area contributed by atoms with Gasteiger partial charge in [-0.1, -0.05) is 18.2 Å². The lowest BCUT2D eigenvalue weighted by molar-refractivity contribution is -0.138. The number of rotatable bonds is 4. The third-order valence-electron chi connectivity index (χ3n) is 5.81. The number of anilines is 2. The van der Waals surface area contributed by atoms with Crippen LogP contribution in [0.4, 0.5) is 15.8 Å². The average molecular weight is 456 g/mol. The minimum absolute atomic E-state index is 0.0688. The second kappa shape index (κ2) is 9.91. The largest absolute Gasteiger partial charge is 0.462 e. The normalized spacial score (nSPS) is 17.2. The zero-order chi connectivity index (χ0) is 24.2. The van der Waals surface area contributed by atoms with Crippen molar-refractivity contribution < 1.29 is 18.7 Å². The molecule has 2 aliphatic heterocycles. The molecule has 0 saturated carbocycles. The second-order valence-electron chi connectivity index (χ2n) is 9.88. The van der Waals surface area contributed by atoms with Gasteiger partial charge in [-0.2, -0.15) is 0 Å². The summed E-state index contributed by atoms with van der Waals surface area (Å²) in [6.45, 7) is 14.1. The molecule has 178 valence electrons. The monoisotopic (exact) mass is 455 g/mol. The van der Waals surface area contributed by atoms with Gasteiger partial charge in [-0.3, -0.25) is 9.59 Å². The Hall–Kier alpha value is -2.93. The van der Waals surface area contributed by atoms with E-state index in [1.165, 1.54) is 12.1 Å². The van der Waals surface area contributed by atoms with Crippen LogP contribution in [0.2, 0.25) is 0 Å². The molecule has 0 atom stereocenters. The lowest BCUT2D eigenvalue weighted by atomic mass is 9.84. The Morgan fingerprint density at radius 3 is 2.30 bits per heavy atom. The maximum atomic E-state index is 13.6. The molecule has 7 heteroatoms. The Balaban J connectivity index is 0.000000383. The highest BCUT2D eigenvalue weighted by Gasteiger charge is 2.46. The molecule has 2 heterocycles. The highest BCUT2D eigenvalue weighted by Crippen LogP contribution is 2.47. The first kappa shape index (κ1) is 24.7. The Kier molecular flexibility index (Phi) is 7.42. The van der Waals surface area contributed by atoms with Gasteiger partial charge in [0.05, 0.1) is 17.6 Å². The van der Waals surface area contributed by atoms with Gasteiger partial charge in [0, 0.05) is 37.4 Å².